The molecule has 0 radical (unpaired) electrons. The zero-order valence-corrected chi connectivity index (χ0v) is 5.53. The van der Waals surface area contributed by atoms with Crippen molar-refractivity contribution in [3.63, 3.8) is 0 Å². The van der Waals surface area contributed by atoms with Crippen LogP contribution >= 0.6 is 0 Å². The first kappa shape index (κ1) is 7.05. The third-order valence-corrected chi connectivity index (χ3v) is 1.58. The van der Waals surface area contributed by atoms with E-state index in [-0.39, 0.29) is 12.5 Å². The lowest BCUT2D eigenvalue weighted by atomic mass is 9.98. The Labute approximate surface area is 57.8 Å². The van der Waals surface area contributed by atoms with Crippen LogP contribution in [0, 0.1) is 11.8 Å². The van der Waals surface area contributed by atoms with Crippen molar-refractivity contribution < 1.29 is 19.4 Å². The first-order valence-electron chi connectivity index (χ1n) is 3.02. The van der Waals surface area contributed by atoms with Crippen LogP contribution in [0.15, 0.2) is 0 Å². The Morgan fingerprint density at radius 2 is 2.40 bits per heavy atom. The van der Waals surface area contributed by atoms with Crippen molar-refractivity contribution in [3.8, 4) is 0 Å². The molecule has 0 aliphatic carbocycles. The van der Waals surface area contributed by atoms with Gasteiger partial charge in [0.25, 0.3) is 0 Å². The number of carbonyl (C=O) groups is 2. The molecule has 4 heteroatoms. The van der Waals surface area contributed by atoms with Gasteiger partial charge in [0.1, 0.15) is 0 Å². The van der Waals surface area contributed by atoms with Crippen molar-refractivity contribution in [2.24, 2.45) is 11.8 Å². The molecule has 0 spiro atoms. The smallest absolute Gasteiger partial charge is 0.320 e. The van der Waals surface area contributed by atoms with Crippen LogP contribution in [0.1, 0.15) is 6.92 Å². The normalized spacial score (nSPS) is 31.9. The lowest BCUT2D eigenvalue weighted by molar-refractivity contribution is -0.152. The van der Waals surface area contributed by atoms with E-state index in [2.05, 4.69) is 4.74 Å². The fourth-order valence-electron chi connectivity index (χ4n) is 0.976. The molecule has 1 rings (SSSR count). The van der Waals surface area contributed by atoms with E-state index in [0.717, 1.165) is 0 Å². The van der Waals surface area contributed by atoms with Crippen LogP contribution < -0.4 is 0 Å². The number of cyclic esters (lactones) is 1. The van der Waals surface area contributed by atoms with Crippen LogP contribution in [-0.2, 0) is 14.3 Å². The van der Waals surface area contributed by atoms with Crippen LogP contribution in [0.4, 0.5) is 0 Å². The summed E-state index contributed by atoms with van der Waals surface area (Å²) in [6, 6.07) is 0. The lowest BCUT2D eigenvalue weighted by Gasteiger charge is -2.01. The Bertz CT molecular complexity index is 175. The molecular weight excluding hydrogens is 136 g/mol. The zero-order chi connectivity index (χ0) is 7.72. The highest BCUT2D eigenvalue weighted by Crippen LogP contribution is 2.21. The quantitative estimate of drug-likeness (QED) is 0.411. The SMILES string of the molecule is CC1COC(=O)C1C(=O)O. The van der Waals surface area contributed by atoms with E-state index >= 15 is 0 Å². The fourth-order valence-corrected chi connectivity index (χ4v) is 0.976. The van der Waals surface area contributed by atoms with Gasteiger partial charge < -0.3 is 9.84 Å². The second-order valence-electron chi connectivity index (χ2n) is 2.42. The average molecular weight is 144 g/mol. The van der Waals surface area contributed by atoms with Crippen LogP contribution in [0.3, 0.4) is 0 Å². The summed E-state index contributed by atoms with van der Waals surface area (Å²) in [4.78, 5) is 20.9. The van der Waals surface area contributed by atoms with Gasteiger partial charge in [0.2, 0.25) is 0 Å². The van der Waals surface area contributed by atoms with Crippen molar-refractivity contribution >= 4 is 11.9 Å². The first-order valence-corrected chi connectivity index (χ1v) is 3.02. The number of hydrogen-bond donors (Lipinski definition) is 1. The van der Waals surface area contributed by atoms with Crippen molar-refractivity contribution in [2.75, 3.05) is 6.61 Å². The summed E-state index contributed by atoms with van der Waals surface area (Å²) < 4.78 is 4.52. The van der Waals surface area contributed by atoms with Gasteiger partial charge in [0.05, 0.1) is 6.61 Å². The van der Waals surface area contributed by atoms with Gasteiger partial charge in [0.15, 0.2) is 5.92 Å². The largest absolute Gasteiger partial charge is 0.481 e. The number of esters is 1. The molecule has 2 atom stereocenters. The van der Waals surface area contributed by atoms with E-state index in [0.29, 0.717) is 0 Å². The topological polar surface area (TPSA) is 63.6 Å². The predicted octanol–water partition coefficient (Wildman–Crippen LogP) is -0.120. The minimum absolute atomic E-state index is 0.190. The summed E-state index contributed by atoms with van der Waals surface area (Å²) in [5.41, 5.74) is 0. The maximum atomic E-state index is 10.6. The minimum Gasteiger partial charge on any atom is -0.481 e. The molecule has 0 bridgehead atoms. The molecule has 0 amide bonds. The number of carbonyl (C=O) groups excluding carboxylic acids is 1. The van der Waals surface area contributed by atoms with E-state index in [1.54, 1.807) is 6.92 Å². The molecule has 1 fully saturated rings. The third kappa shape index (κ3) is 0.964. The van der Waals surface area contributed by atoms with Gasteiger partial charge in [-0.1, -0.05) is 6.92 Å². The summed E-state index contributed by atoms with van der Waals surface area (Å²) in [6.45, 7) is 1.92. The summed E-state index contributed by atoms with van der Waals surface area (Å²) in [6.07, 6.45) is 0. The van der Waals surface area contributed by atoms with E-state index in [1.165, 1.54) is 0 Å². The standard InChI is InChI=1S/C6H8O4/c1-3-2-10-6(9)4(3)5(7)8/h3-4H,2H2,1H3,(H,7,8). The van der Waals surface area contributed by atoms with Crippen LogP contribution in [0.5, 0.6) is 0 Å². The van der Waals surface area contributed by atoms with Crippen LogP contribution in [0.2, 0.25) is 0 Å². The summed E-state index contributed by atoms with van der Waals surface area (Å²) in [5.74, 6) is -2.83. The third-order valence-electron chi connectivity index (χ3n) is 1.58. The van der Waals surface area contributed by atoms with Gasteiger partial charge in [-0.2, -0.15) is 0 Å². The molecule has 0 aromatic carbocycles. The summed E-state index contributed by atoms with van der Waals surface area (Å²) >= 11 is 0. The molecule has 10 heavy (non-hydrogen) atoms. The Hall–Kier alpha value is -1.06. The molecule has 56 valence electrons. The number of carboxylic acids is 1. The summed E-state index contributed by atoms with van der Waals surface area (Å²) in [7, 11) is 0. The Morgan fingerprint density at radius 1 is 1.80 bits per heavy atom. The number of rotatable bonds is 1. The molecule has 1 aliphatic rings. The maximum Gasteiger partial charge on any atom is 0.320 e. The maximum absolute atomic E-state index is 10.6. The van der Waals surface area contributed by atoms with Gasteiger partial charge in [-0.15, -0.1) is 0 Å². The summed E-state index contributed by atoms with van der Waals surface area (Å²) in [5, 5.41) is 8.45. The molecule has 1 aliphatic heterocycles. The average Bonchev–Trinajstić information content (AvgIpc) is 2.11. The lowest BCUT2D eigenvalue weighted by Crippen LogP contribution is -2.23. The fraction of sp³-hybridized carbons (Fsp3) is 0.667. The predicted molar refractivity (Wildman–Crippen MR) is 31.2 cm³/mol. The molecule has 2 unspecified atom stereocenters. The minimum atomic E-state index is -1.09. The Balaban J connectivity index is 2.72. The van der Waals surface area contributed by atoms with Gasteiger partial charge in [0, 0.05) is 5.92 Å². The Kier molecular flexibility index (Phi) is 1.61. The molecule has 4 nitrogen and oxygen atoms in total. The molecule has 1 saturated heterocycles. The number of aliphatic carboxylic acids is 1. The van der Waals surface area contributed by atoms with E-state index in [1.807, 2.05) is 0 Å². The number of carboxylic acid groups (broad SMARTS) is 1. The van der Waals surface area contributed by atoms with Crippen molar-refractivity contribution in [1.29, 1.82) is 0 Å². The molecule has 1 heterocycles. The molecule has 0 aromatic rings. The highest BCUT2D eigenvalue weighted by Gasteiger charge is 2.39. The van der Waals surface area contributed by atoms with Gasteiger partial charge in [-0.25, -0.2) is 0 Å². The molecular formula is C6H8O4. The van der Waals surface area contributed by atoms with Gasteiger partial charge in [-0.3, -0.25) is 9.59 Å². The highest BCUT2D eigenvalue weighted by molar-refractivity contribution is 5.95. The molecule has 0 aromatic heterocycles. The van der Waals surface area contributed by atoms with Crippen molar-refractivity contribution in [1.82, 2.24) is 0 Å². The van der Waals surface area contributed by atoms with E-state index in [4.69, 9.17) is 5.11 Å². The van der Waals surface area contributed by atoms with Gasteiger partial charge >= 0.3 is 11.9 Å². The van der Waals surface area contributed by atoms with Crippen molar-refractivity contribution in [3.05, 3.63) is 0 Å². The second kappa shape index (κ2) is 2.28. The monoisotopic (exact) mass is 144 g/mol. The number of ether oxygens (including phenoxy) is 1. The number of hydrogen-bond acceptors (Lipinski definition) is 3. The van der Waals surface area contributed by atoms with E-state index in [9.17, 15) is 9.59 Å². The van der Waals surface area contributed by atoms with Crippen LogP contribution in [0.25, 0.3) is 0 Å². The first-order chi connectivity index (χ1) is 4.63. The molecule has 0 saturated carbocycles. The van der Waals surface area contributed by atoms with Crippen LogP contribution in [-0.4, -0.2) is 23.7 Å². The second-order valence-corrected chi connectivity index (χ2v) is 2.42. The zero-order valence-electron chi connectivity index (χ0n) is 5.53. The van der Waals surface area contributed by atoms with E-state index < -0.39 is 17.9 Å². The highest BCUT2D eigenvalue weighted by atomic mass is 16.5. The molecule has 1 N–H and O–H groups in total. The Morgan fingerprint density at radius 3 is 2.60 bits per heavy atom. The van der Waals surface area contributed by atoms with Gasteiger partial charge in [-0.05, 0) is 0 Å². The van der Waals surface area contributed by atoms with Crippen molar-refractivity contribution in [2.45, 2.75) is 6.92 Å².